The second-order valence-electron chi connectivity index (χ2n) is 3.74. The van der Waals surface area contributed by atoms with Crippen molar-refractivity contribution in [3.05, 3.63) is 76.6 Å². The largest absolute Gasteiger partial charge is 0.289 e. The molecule has 0 N–H and O–H groups in total. The lowest BCUT2D eigenvalue weighted by Gasteiger charge is -1.98. The number of allylic oxidation sites excluding steroid dienone is 1. The van der Waals surface area contributed by atoms with E-state index in [0.29, 0.717) is 5.56 Å². The van der Waals surface area contributed by atoms with Gasteiger partial charge in [0.1, 0.15) is 5.82 Å². The van der Waals surface area contributed by atoms with Gasteiger partial charge in [0.15, 0.2) is 5.78 Å². The molecule has 0 aliphatic carbocycles. The Morgan fingerprint density at radius 3 is 2.50 bits per heavy atom. The van der Waals surface area contributed by atoms with Crippen molar-refractivity contribution in [2.75, 3.05) is 0 Å². The average Bonchev–Trinajstić information content (AvgIpc) is 2.40. The van der Waals surface area contributed by atoms with Gasteiger partial charge in [-0.3, -0.25) is 4.79 Å². The van der Waals surface area contributed by atoms with E-state index in [1.54, 1.807) is 6.08 Å². The molecule has 0 saturated heterocycles. The summed E-state index contributed by atoms with van der Waals surface area (Å²) in [6.07, 6.45) is 3.15. The van der Waals surface area contributed by atoms with Crippen molar-refractivity contribution >= 4 is 23.5 Å². The molecule has 2 aromatic rings. The number of hydrogen-bond donors (Lipinski definition) is 0. The molecule has 18 heavy (non-hydrogen) atoms. The molecule has 0 fully saturated rings. The number of halogens is 2. The molecule has 3 heteroatoms. The predicted molar refractivity (Wildman–Crippen MR) is 71.2 cm³/mol. The summed E-state index contributed by atoms with van der Waals surface area (Å²) in [6, 6.07) is 13.4. The Labute approximate surface area is 110 Å². The maximum absolute atomic E-state index is 13.0. The molecular formula is C15H10ClFO. The summed E-state index contributed by atoms with van der Waals surface area (Å²) in [5, 5.41) is -0.0473. The van der Waals surface area contributed by atoms with Crippen molar-refractivity contribution in [1.29, 1.82) is 0 Å². The molecule has 0 saturated carbocycles. The molecule has 0 unspecified atom stereocenters. The van der Waals surface area contributed by atoms with Crippen LogP contribution >= 0.6 is 11.6 Å². The summed E-state index contributed by atoms with van der Waals surface area (Å²) in [7, 11) is 0. The van der Waals surface area contributed by atoms with Gasteiger partial charge in [-0.15, -0.1) is 0 Å². The third-order valence-electron chi connectivity index (χ3n) is 2.43. The van der Waals surface area contributed by atoms with E-state index in [2.05, 4.69) is 0 Å². The minimum Gasteiger partial charge on any atom is -0.289 e. The minimum atomic E-state index is -0.528. The maximum Gasteiger partial charge on any atom is 0.185 e. The van der Waals surface area contributed by atoms with Gasteiger partial charge >= 0.3 is 0 Å². The third-order valence-corrected chi connectivity index (χ3v) is 2.72. The zero-order chi connectivity index (χ0) is 13.0. The van der Waals surface area contributed by atoms with Crippen LogP contribution in [0.3, 0.4) is 0 Å². The molecule has 0 aliphatic rings. The highest BCUT2D eigenvalue weighted by Gasteiger charge is 2.05. The van der Waals surface area contributed by atoms with Gasteiger partial charge in [-0.25, -0.2) is 4.39 Å². The molecule has 2 aromatic carbocycles. The van der Waals surface area contributed by atoms with Crippen LogP contribution in [-0.2, 0) is 0 Å². The van der Waals surface area contributed by atoms with E-state index < -0.39 is 5.82 Å². The standard InChI is InChI=1S/C15H10ClFO/c16-13-10-12(7-8-14(13)17)15(18)9-6-11-4-2-1-3-5-11/h1-10H/b9-6+. The lowest BCUT2D eigenvalue weighted by atomic mass is 10.1. The Morgan fingerprint density at radius 2 is 1.83 bits per heavy atom. The Hall–Kier alpha value is -1.93. The van der Waals surface area contributed by atoms with Gasteiger partial charge in [0, 0.05) is 5.56 Å². The van der Waals surface area contributed by atoms with Gasteiger partial charge < -0.3 is 0 Å². The molecule has 0 aromatic heterocycles. The van der Waals surface area contributed by atoms with Crippen LogP contribution in [0.5, 0.6) is 0 Å². The molecule has 90 valence electrons. The Kier molecular flexibility index (Phi) is 3.90. The van der Waals surface area contributed by atoms with Crippen LogP contribution in [0, 0.1) is 5.82 Å². The van der Waals surface area contributed by atoms with Crippen LogP contribution in [0.15, 0.2) is 54.6 Å². The average molecular weight is 261 g/mol. The van der Waals surface area contributed by atoms with E-state index in [1.807, 2.05) is 30.3 Å². The molecule has 0 radical (unpaired) electrons. The normalized spacial score (nSPS) is 10.8. The monoisotopic (exact) mass is 260 g/mol. The Balaban J connectivity index is 2.17. The highest BCUT2D eigenvalue weighted by molar-refractivity contribution is 6.31. The fourth-order valence-electron chi connectivity index (χ4n) is 1.48. The molecule has 2 rings (SSSR count). The van der Waals surface area contributed by atoms with Crippen molar-refractivity contribution in [1.82, 2.24) is 0 Å². The molecule has 0 atom stereocenters. The Morgan fingerprint density at radius 1 is 1.11 bits per heavy atom. The van der Waals surface area contributed by atoms with Gasteiger partial charge in [0.05, 0.1) is 5.02 Å². The lowest BCUT2D eigenvalue weighted by Crippen LogP contribution is -1.94. The minimum absolute atomic E-state index is 0.0473. The van der Waals surface area contributed by atoms with Crippen molar-refractivity contribution in [2.24, 2.45) is 0 Å². The van der Waals surface area contributed by atoms with E-state index >= 15 is 0 Å². The summed E-state index contributed by atoms with van der Waals surface area (Å²) in [4.78, 5) is 11.8. The third kappa shape index (κ3) is 3.05. The smallest absolute Gasteiger partial charge is 0.185 e. The van der Waals surface area contributed by atoms with Crippen LogP contribution in [0.4, 0.5) is 4.39 Å². The van der Waals surface area contributed by atoms with Crippen molar-refractivity contribution < 1.29 is 9.18 Å². The van der Waals surface area contributed by atoms with Crippen LogP contribution < -0.4 is 0 Å². The fourth-order valence-corrected chi connectivity index (χ4v) is 1.66. The SMILES string of the molecule is O=C(/C=C/c1ccccc1)c1ccc(F)c(Cl)c1. The second-order valence-corrected chi connectivity index (χ2v) is 4.14. The zero-order valence-electron chi connectivity index (χ0n) is 9.44. The van der Waals surface area contributed by atoms with Crippen molar-refractivity contribution in [3.8, 4) is 0 Å². The van der Waals surface area contributed by atoms with E-state index in [0.717, 1.165) is 5.56 Å². The number of carbonyl (C=O) groups excluding carboxylic acids is 1. The first-order chi connectivity index (χ1) is 8.66. The zero-order valence-corrected chi connectivity index (χ0v) is 10.2. The van der Waals surface area contributed by atoms with E-state index in [4.69, 9.17) is 11.6 Å². The molecule has 0 heterocycles. The van der Waals surface area contributed by atoms with E-state index in [1.165, 1.54) is 24.3 Å². The first-order valence-electron chi connectivity index (χ1n) is 5.39. The van der Waals surface area contributed by atoms with Crippen LogP contribution in [-0.4, -0.2) is 5.78 Å². The number of hydrogen-bond acceptors (Lipinski definition) is 1. The van der Waals surface area contributed by atoms with Crippen molar-refractivity contribution in [2.45, 2.75) is 0 Å². The quantitative estimate of drug-likeness (QED) is 0.591. The molecule has 1 nitrogen and oxygen atoms in total. The van der Waals surface area contributed by atoms with Crippen LogP contribution in [0.1, 0.15) is 15.9 Å². The van der Waals surface area contributed by atoms with Gasteiger partial charge in [0.2, 0.25) is 0 Å². The lowest BCUT2D eigenvalue weighted by molar-refractivity contribution is 0.104. The first-order valence-corrected chi connectivity index (χ1v) is 5.77. The number of ketones is 1. The van der Waals surface area contributed by atoms with Crippen LogP contribution in [0.25, 0.3) is 6.08 Å². The van der Waals surface area contributed by atoms with Crippen molar-refractivity contribution in [3.63, 3.8) is 0 Å². The Bertz CT molecular complexity index is 591. The van der Waals surface area contributed by atoms with E-state index in [-0.39, 0.29) is 10.8 Å². The molecule has 0 spiro atoms. The molecule has 0 bridgehead atoms. The molecular weight excluding hydrogens is 251 g/mol. The molecule has 0 amide bonds. The summed E-state index contributed by atoms with van der Waals surface area (Å²) < 4.78 is 13.0. The van der Waals surface area contributed by atoms with Gasteiger partial charge in [0.25, 0.3) is 0 Å². The van der Waals surface area contributed by atoms with E-state index in [9.17, 15) is 9.18 Å². The molecule has 0 aliphatic heterocycles. The van der Waals surface area contributed by atoms with Gasteiger partial charge in [-0.05, 0) is 29.8 Å². The number of rotatable bonds is 3. The predicted octanol–water partition coefficient (Wildman–Crippen LogP) is 4.38. The summed E-state index contributed by atoms with van der Waals surface area (Å²) >= 11 is 5.62. The maximum atomic E-state index is 13.0. The van der Waals surface area contributed by atoms with Gasteiger partial charge in [-0.2, -0.15) is 0 Å². The summed E-state index contributed by atoms with van der Waals surface area (Å²) in [5.74, 6) is -0.735. The van der Waals surface area contributed by atoms with Gasteiger partial charge in [-0.1, -0.05) is 48.0 Å². The summed E-state index contributed by atoms with van der Waals surface area (Å²) in [6.45, 7) is 0. The highest BCUT2D eigenvalue weighted by Crippen LogP contribution is 2.16. The number of carbonyl (C=O) groups is 1. The first kappa shape index (κ1) is 12.5. The topological polar surface area (TPSA) is 17.1 Å². The number of benzene rings is 2. The fraction of sp³-hybridized carbons (Fsp3) is 0. The highest BCUT2D eigenvalue weighted by atomic mass is 35.5. The second kappa shape index (κ2) is 5.61. The summed E-state index contributed by atoms with van der Waals surface area (Å²) in [5.41, 5.74) is 1.30. The van der Waals surface area contributed by atoms with Crippen LogP contribution in [0.2, 0.25) is 5.02 Å².